The van der Waals surface area contributed by atoms with E-state index < -0.39 is 0 Å². The van der Waals surface area contributed by atoms with Crippen LogP contribution >= 0.6 is 0 Å². The van der Waals surface area contributed by atoms with E-state index in [2.05, 4.69) is 20.3 Å². The molecule has 1 aliphatic heterocycles. The van der Waals surface area contributed by atoms with Crippen molar-refractivity contribution in [2.24, 2.45) is 0 Å². The van der Waals surface area contributed by atoms with Crippen LogP contribution in [0.15, 0.2) is 0 Å². The molecule has 0 bridgehead atoms. The molecule has 0 aromatic carbocycles. The second-order valence-corrected chi connectivity index (χ2v) is 4.42. The molecule has 2 rings (SSSR count). The lowest BCUT2D eigenvalue weighted by atomic mass is 10.4. The van der Waals surface area contributed by atoms with Crippen LogP contribution in [0.5, 0.6) is 0 Å². The van der Waals surface area contributed by atoms with E-state index in [1.807, 2.05) is 11.8 Å². The minimum Gasteiger partial charge on any atom is -0.383 e. The quantitative estimate of drug-likeness (QED) is 0.753. The van der Waals surface area contributed by atoms with Crippen molar-refractivity contribution in [1.82, 2.24) is 15.0 Å². The summed E-state index contributed by atoms with van der Waals surface area (Å²) in [4.78, 5) is 14.7. The Bertz CT molecular complexity index is 410. The third-order valence-electron chi connectivity index (χ3n) is 2.73. The molecule has 0 saturated carbocycles. The molecule has 8 heteroatoms. The number of rotatable bonds is 5. The molecule has 1 aromatic rings. The molecule has 1 aromatic heterocycles. The van der Waals surface area contributed by atoms with E-state index in [1.54, 1.807) is 7.11 Å². The van der Waals surface area contributed by atoms with Gasteiger partial charge in [-0.25, -0.2) is 0 Å². The number of nitrogens with one attached hydrogen (secondary N) is 1. The number of aromatic nitrogens is 3. The van der Waals surface area contributed by atoms with Crippen LogP contribution in [0.3, 0.4) is 0 Å². The normalized spacial score (nSPS) is 17.3. The number of nitrogens with zero attached hydrogens (tertiary/aromatic N) is 4. The lowest BCUT2D eigenvalue weighted by Crippen LogP contribution is -2.37. The van der Waals surface area contributed by atoms with E-state index in [-0.39, 0.29) is 12.0 Å². The summed E-state index contributed by atoms with van der Waals surface area (Å²) in [5, 5.41) is 3.14. The smallest absolute Gasteiger partial charge is 0.232 e. The Hall–Kier alpha value is -1.67. The summed E-state index contributed by atoms with van der Waals surface area (Å²) in [6.45, 7) is 5.42. The second-order valence-electron chi connectivity index (χ2n) is 4.42. The zero-order valence-corrected chi connectivity index (χ0v) is 11.3. The third kappa shape index (κ3) is 3.90. The Morgan fingerprint density at radius 1 is 1.37 bits per heavy atom. The molecule has 0 radical (unpaired) electrons. The minimum atomic E-state index is 0.101. The standard InChI is InChI=1S/C11H20N6O2/c1-8(7-18-2)13-10-14-9(12)15-11(16-10)17-3-5-19-6-4-17/h8H,3-7H2,1-2H3,(H3,12,13,14,15,16). The molecule has 1 unspecified atom stereocenters. The number of hydrogen-bond donors (Lipinski definition) is 2. The van der Waals surface area contributed by atoms with Gasteiger partial charge in [0.1, 0.15) is 0 Å². The molecule has 1 atom stereocenters. The number of nitrogens with two attached hydrogens (primary N) is 1. The Morgan fingerprint density at radius 2 is 2.11 bits per heavy atom. The van der Waals surface area contributed by atoms with Gasteiger partial charge in [0, 0.05) is 26.2 Å². The maximum Gasteiger partial charge on any atom is 0.232 e. The van der Waals surface area contributed by atoms with E-state index >= 15 is 0 Å². The Labute approximate surface area is 112 Å². The Balaban J connectivity index is 2.09. The molecule has 1 aliphatic rings. The zero-order chi connectivity index (χ0) is 13.7. The number of ether oxygens (including phenoxy) is 2. The molecule has 3 N–H and O–H groups in total. The van der Waals surface area contributed by atoms with Crippen LogP contribution in [-0.4, -0.2) is 61.0 Å². The molecule has 19 heavy (non-hydrogen) atoms. The van der Waals surface area contributed by atoms with Crippen LogP contribution in [0, 0.1) is 0 Å². The largest absolute Gasteiger partial charge is 0.383 e. The van der Waals surface area contributed by atoms with Crippen molar-refractivity contribution in [2.75, 3.05) is 56.0 Å². The topological polar surface area (TPSA) is 98.4 Å². The van der Waals surface area contributed by atoms with Crippen LogP contribution in [0.2, 0.25) is 0 Å². The van der Waals surface area contributed by atoms with Gasteiger partial charge in [-0.2, -0.15) is 15.0 Å². The fraction of sp³-hybridized carbons (Fsp3) is 0.727. The van der Waals surface area contributed by atoms with Crippen molar-refractivity contribution in [2.45, 2.75) is 13.0 Å². The minimum absolute atomic E-state index is 0.101. The molecule has 0 amide bonds. The molecular weight excluding hydrogens is 248 g/mol. The number of anilines is 3. The highest BCUT2D eigenvalue weighted by Crippen LogP contribution is 2.14. The Morgan fingerprint density at radius 3 is 2.79 bits per heavy atom. The molecule has 1 fully saturated rings. The first kappa shape index (κ1) is 13.8. The first-order valence-electron chi connectivity index (χ1n) is 6.28. The maximum atomic E-state index is 5.72. The van der Waals surface area contributed by atoms with Crippen LogP contribution in [0.4, 0.5) is 17.8 Å². The van der Waals surface area contributed by atoms with Crippen molar-refractivity contribution in [3.8, 4) is 0 Å². The number of morpholine rings is 1. The molecule has 0 aliphatic carbocycles. The molecule has 1 saturated heterocycles. The summed E-state index contributed by atoms with van der Waals surface area (Å²) >= 11 is 0. The van der Waals surface area contributed by atoms with Crippen LogP contribution in [0.25, 0.3) is 0 Å². The number of hydrogen-bond acceptors (Lipinski definition) is 8. The van der Waals surface area contributed by atoms with E-state index in [9.17, 15) is 0 Å². The third-order valence-corrected chi connectivity index (χ3v) is 2.73. The summed E-state index contributed by atoms with van der Waals surface area (Å²) in [5.74, 6) is 1.27. The fourth-order valence-electron chi connectivity index (χ4n) is 1.86. The monoisotopic (exact) mass is 268 g/mol. The van der Waals surface area contributed by atoms with Gasteiger partial charge in [-0.15, -0.1) is 0 Å². The lowest BCUT2D eigenvalue weighted by molar-refractivity contribution is 0.122. The summed E-state index contributed by atoms with van der Waals surface area (Å²) in [6, 6.07) is 0.101. The van der Waals surface area contributed by atoms with Crippen molar-refractivity contribution < 1.29 is 9.47 Å². The number of nitrogen functional groups attached to an aromatic ring is 1. The summed E-state index contributed by atoms with van der Waals surface area (Å²) in [5.41, 5.74) is 5.72. The van der Waals surface area contributed by atoms with Gasteiger partial charge in [0.15, 0.2) is 0 Å². The highest BCUT2D eigenvalue weighted by Gasteiger charge is 2.16. The predicted molar refractivity (Wildman–Crippen MR) is 72.2 cm³/mol. The first-order valence-corrected chi connectivity index (χ1v) is 6.28. The SMILES string of the molecule is COCC(C)Nc1nc(N)nc(N2CCOCC2)n1. The van der Waals surface area contributed by atoms with E-state index in [0.29, 0.717) is 31.7 Å². The predicted octanol–water partition coefficient (Wildman–Crippen LogP) is -0.263. The van der Waals surface area contributed by atoms with Crippen LogP contribution in [-0.2, 0) is 9.47 Å². The van der Waals surface area contributed by atoms with Gasteiger partial charge in [0.05, 0.1) is 19.8 Å². The molecule has 8 nitrogen and oxygen atoms in total. The van der Waals surface area contributed by atoms with Crippen LogP contribution in [0.1, 0.15) is 6.92 Å². The lowest BCUT2D eigenvalue weighted by Gasteiger charge is -2.27. The average Bonchev–Trinajstić information content (AvgIpc) is 2.39. The number of methoxy groups -OCH3 is 1. The maximum absolute atomic E-state index is 5.72. The van der Waals surface area contributed by atoms with Gasteiger partial charge in [0.25, 0.3) is 0 Å². The summed E-state index contributed by atoms with van der Waals surface area (Å²) < 4.78 is 10.4. The van der Waals surface area contributed by atoms with Crippen molar-refractivity contribution in [3.63, 3.8) is 0 Å². The second kappa shape index (κ2) is 6.48. The summed E-state index contributed by atoms with van der Waals surface area (Å²) in [7, 11) is 1.65. The highest BCUT2D eigenvalue weighted by molar-refractivity contribution is 5.42. The molecule has 0 spiro atoms. The van der Waals surface area contributed by atoms with Crippen molar-refractivity contribution >= 4 is 17.8 Å². The molecular formula is C11H20N6O2. The van der Waals surface area contributed by atoms with Gasteiger partial charge >= 0.3 is 0 Å². The first-order chi connectivity index (χ1) is 9.19. The van der Waals surface area contributed by atoms with Gasteiger partial charge in [0.2, 0.25) is 17.8 Å². The van der Waals surface area contributed by atoms with E-state index in [0.717, 1.165) is 13.1 Å². The molecule has 2 heterocycles. The highest BCUT2D eigenvalue weighted by atomic mass is 16.5. The van der Waals surface area contributed by atoms with Gasteiger partial charge in [-0.05, 0) is 6.92 Å². The van der Waals surface area contributed by atoms with Gasteiger partial charge < -0.3 is 25.4 Å². The molecule has 106 valence electrons. The zero-order valence-electron chi connectivity index (χ0n) is 11.3. The average molecular weight is 268 g/mol. The van der Waals surface area contributed by atoms with Gasteiger partial charge in [-0.3, -0.25) is 0 Å². The van der Waals surface area contributed by atoms with E-state index in [1.165, 1.54) is 0 Å². The van der Waals surface area contributed by atoms with Crippen LogP contribution < -0.4 is 16.0 Å². The van der Waals surface area contributed by atoms with Crippen molar-refractivity contribution in [1.29, 1.82) is 0 Å². The summed E-state index contributed by atoms with van der Waals surface area (Å²) in [6.07, 6.45) is 0. The van der Waals surface area contributed by atoms with Crippen molar-refractivity contribution in [3.05, 3.63) is 0 Å². The van der Waals surface area contributed by atoms with E-state index in [4.69, 9.17) is 15.2 Å². The fourth-order valence-corrected chi connectivity index (χ4v) is 1.86. The van der Waals surface area contributed by atoms with Gasteiger partial charge in [-0.1, -0.05) is 0 Å². The Kier molecular flexibility index (Phi) is 4.69.